The van der Waals surface area contributed by atoms with Crippen molar-refractivity contribution >= 4 is 38.7 Å². The maximum Gasteiger partial charge on any atom is 0.417 e. The highest BCUT2D eigenvalue weighted by Crippen LogP contribution is 2.45. The summed E-state index contributed by atoms with van der Waals surface area (Å²) in [6.07, 6.45) is -1.16. The molecule has 4 rings (SSSR count). The molecule has 12 heteroatoms. The van der Waals surface area contributed by atoms with Crippen LogP contribution in [-0.4, -0.2) is 24.5 Å². The molecule has 1 aliphatic rings. The van der Waals surface area contributed by atoms with Crippen LogP contribution in [0.5, 0.6) is 0 Å². The van der Waals surface area contributed by atoms with Gasteiger partial charge in [-0.3, -0.25) is 4.72 Å². The molecule has 1 heterocycles. The standard InChI is InChI=1S/C25H26F3N3O4S2/c1-24(2)9-7-14(8-10-24)15-3-5-17(18(11-15)25(26,27)28)22-30-21(13-36-22)37(34,35)31-20-6-4-16(23(32)33)12-19(20)29/h3-6,11-14,31H,7-10,29H2,1-2H3,(H,32,33). The van der Waals surface area contributed by atoms with E-state index in [-0.39, 0.29) is 38.8 Å². The van der Waals surface area contributed by atoms with E-state index in [1.165, 1.54) is 18.2 Å². The van der Waals surface area contributed by atoms with Crippen LogP contribution in [0, 0.1) is 5.41 Å². The van der Waals surface area contributed by atoms with E-state index in [4.69, 9.17) is 10.8 Å². The van der Waals surface area contributed by atoms with E-state index in [9.17, 15) is 26.4 Å². The number of hydrogen-bond acceptors (Lipinski definition) is 6. The number of carboxylic acids is 1. The first kappa shape index (κ1) is 26.9. The molecule has 0 aliphatic heterocycles. The van der Waals surface area contributed by atoms with Crippen LogP contribution in [0.4, 0.5) is 24.5 Å². The lowest BCUT2D eigenvalue weighted by atomic mass is 9.71. The highest BCUT2D eigenvalue weighted by molar-refractivity contribution is 7.92. The van der Waals surface area contributed by atoms with Gasteiger partial charge >= 0.3 is 12.1 Å². The summed E-state index contributed by atoms with van der Waals surface area (Å²) in [6.45, 7) is 4.33. The molecule has 37 heavy (non-hydrogen) atoms. The number of halogens is 3. The topological polar surface area (TPSA) is 122 Å². The Hall–Kier alpha value is -3.12. The van der Waals surface area contributed by atoms with E-state index in [0.29, 0.717) is 5.56 Å². The van der Waals surface area contributed by atoms with Gasteiger partial charge in [0, 0.05) is 10.9 Å². The van der Waals surface area contributed by atoms with Gasteiger partial charge in [0.25, 0.3) is 10.0 Å². The van der Waals surface area contributed by atoms with E-state index in [1.807, 2.05) is 0 Å². The normalized spacial score (nSPS) is 16.5. The number of aromatic nitrogens is 1. The fraction of sp³-hybridized carbons (Fsp3) is 0.360. The van der Waals surface area contributed by atoms with Crippen LogP contribution < -0.4 is 10.5 Å². The molecule has 0 spiro atoms. The number of anilines is 2. The summed E-state index contributed by atoms with van der Waals surface area (Å²) in [4.78, 5) is 15.1. The van der Waals surface area contributed by atoms with Gasteiger partial charge in [-0.25, -0.2) is 9.78 Å². The molecule has 1 fully saturated rings. The highest BCUT2D eigenvalue weighted by Gasteiger charge is 2.36. The van der Waals surface area contributed by atoms with Crippen molar-refractivity contribution in [3.63, 3.8) is 0 Å². The number of hydrogen-bond donors (Lipinski definition) is 3. The van der Waals surface area contributed by atoms with Crippen LogP contribution in [0.15, 0.2) is 46.8 Å². The Bertz CT molecular complexity index is 1440. The Morgan fingerprint density at radius 1 is 1.16 bits per heavy atom. The molecular formula is C25H26F3N3O4S2. The summed E-state index contributed by atoms with van der Waals surface area (Å²) in [5.74, 6) is -1.19. The Labute approximate surface area is 216 Å². The third-order valence-electron chi connectivity index (χ3n) is 6.69. The fourth-order valence-corrected chi connectivity index (χ4v) is 6.68. The van der Waals surface area contributed by atoms with Crippen LogP contribution in [0.25, 0.3) is 10.6 Å². The number of sulfonamides is 1. The molecule has 0 bridgehead atoms. The second-order valence-electron chi connectivity index (χ2n) is 9.94. The number of alkyl halides is 3. The van der Waals surface area contributed by atoms with E-state index in [2.05, 4.69) is 23.6 Å². The Morgan fingerprint density at radius 2 is 1.84 bits per heavy atom. The number of nitrogens with zero attached hydrogens (tertiary/aromatic N) is 1. The van der Waals surface area contributed by atoms with Gasteiger partial charge in [-0.2, -0.15) is 21.6 Å². The maximum absolute atomic E-state index is 14.1. The molecule has 7 nitrogen and oxygen atoms in total. The van der Waals surface area contributed by atoms with E-state index in [1.54, 1.807) is 6.07 Å². The van der Waals surface area contributed by atoms with Crippen molar-refractivity contribution in [2.24, 2.45) is 5.41 Å². The van der Waals surface area contributed by atoms with Crippen molar-refractivity contribution in [1.29, 1.82) is 0 Å². The molecule has 1 saturated carbocycles. The van der Waals surface area contributed by atoms with Crippen LogP contribution in [0.1, 0.15) is 66.9 Å². The fourth-order valence-electron chi connectivity index (χ4n) is 4.46. The molecule has 4 N–H and O–H groups in total. The molecule has 3 aromatic rings. The zero-order valence-corrected chi connectivity index (χ0v) is 21.7. The molecule has 198 valence electrons. The predicted molar refractivity (Wildman–Crippen MR) is 136 cm³/mol. The van der Waals surface area contributed by atoms with Gasteiger partial charge in [-0.1, -0.05) is 26.0 Å². The summed E-state index contributed by atoms with van der Waals surface area (Å²) in [7, 11) is -4.30. The zero-order chi connectivity index (χ0) is 27.2. The van der Waals surface area contributed by atoms with Gasteiger partial charge in [-0.05, 0) is 66.8 Å². The zero-order valence-electron chi connectivity index (χ0n) is 20.1. The first-order valence-corrected chi connectivity index (χ1v) is 13.9. The number of nitrogens with two attached hydrogens (primary N) is 1. The molecule has 0 amide bonds. The molecule has 0 radical (unpaired) electrons. The summed E-state index contributed by atoms with van der Waals surface area (Å²) in [5.41, 5.74) is 5.20. The van der Waals surface area contributed by atoms with Gasteiger partial charge < -0.3 is 10.8 Å². The number of benzene rings is 2. The smallest absolute Gasteiger partial charge is 0.417 e. The van der Waals surface area contributed by atoms with Crippen molar-refractivity contribution in [1.82, 2.24) is 4.98 Å². The lowest BCUT2D eigenvalue weighted by Gasteiger charge is -2.34. The lowest BCUT2D eigenvalue weighted by molar-refractivity contribution is -0.137. The largest absolute Gasteiger partial charge is 0.478 e. The number of thiazole rings is 1. The van der Waals surface area contributed by atoms with E-state index < -0.39 is 32.8 Å². The second-order valence-corrected chi connectivity index (χ2v) is 12.4. The van der Waals surface area contributed by atoms with Gasteiger partial charge in [0.05, 0.1) is 22.5 Å². The summed E-state index contributed by atoms with van der Waals surface area (Å²) in [5, 5.41) is 9.62. The molecule has 0 atom stereocenters. The number of rotatable bonds is 6. The third-order valence-corrected chi connectivity index (χ3v) is 8.96. The van der Waals surface area contributed by atoms with E-state index in [0.717, 1.165) is 54.5 Å². The van der Waals surface area contributed by atoms with Gasteiger partial charge in [0.15, 0.2) is 5.03 Å². The quantitative estimate of drug-likeness (QED) is 0.296. The Morgan fingerprint density at radius 3 is 2.43 bits per heavy atom. The van der Waals surface area contributed by atoms with Crippen molar-refractivity contribution < 1.29 is 31.5 Å². The number of aromatic carboxylic acids is 1. The minimum Gasteiger partial charge on any atom is -0.478 e. The monoisotopic (exact) mass is 553 g/mol. The number of nitrogen functional groups attached to an aromatic ring is 1. The number of nitrogens with one attached hydrogen (secondary N) is 1. The molecule has 2 aromatic carbocycles. The molecule has 0 saturated heterocycles. The average molecular weight is 554 g/mol. The summed E-state index contributed by atoms with van der Waals surface area (Å²) in [6, 6.07) is 7.66. The molecule has 1 aliphatic carbocycles. The minimum absolute atomic E-state index is 0.0394. The van der Waals surface area contributed by atoms with Crippen molar-refractivity contribution in [2.45, 2.75) is 56.7 Å². The van der Waals surface area contributed by atoms with E-state index >= 15 is 0 Å². The third kappa shape index (κ3) is 5.90. The first-order valence-electron chi connectivity index (χ1n) is 11.5. The maximum atomic E-state index is 14.1. The first-order chi connectivity index (χ1) is 17.2. The lowest BCUT2D eigenvalue weighted by Crippen LogP contribution is -2.20. The SMILES string of the molecule is CC1(C)CCC(c2ccc(-c3nc(S(=O)(=O)Nc4ccc(C(=O)O)cc4N)cs3)c(C(F)(F)F)c2)CC1. The Kier molecular flexibility index (Phi) is 7.02. The van der Waals surface area contributed by atoms with Gasteiger partial charge in [0.1, 0.15) is 5.01 Å². The summed E-state index contributed by atoms with van der Waals surface area (Å²) >= 11 is 0.783. The minimum atomic E-state index is -4.65. The second kappa shape index (κ2) is 9.64. The Balaban J connectivity index is 1.63. The van der Waals surface area contributed by atoms with Crippen molar-refractivity contribution in [3.8, 4) is 10.6 Å². The van der Waals surface area contributed by atoms with Crippen molar-refractivity contribution in [3.05, 3.63) is 58.5 Å². The predicted octanol–water partition coefficient (Wildman–Crippen LogP) is 6.59. The number of carboxylic acid groups (broad SMARTS) is 1. The van der Waals surface area contributed by atoms with Crippen LogP contribution >= 0.6 is 11.3 Å². The highest BCUT2D eigenvalue weighted by atomic mass is 32.2. The van der Waals surface area contributed by atoms with Crippen molar-refractivity contribution in [2.75, 3.05) is 10.5 Å². The van der Waals surface area contributed by atoms with Crippen LogP contribution in [0.2, 0.25) is 0 Å². The number of carbonyl (C=O) groups is 1. The van der Waals surface area contributed by atoms with Gasteiger partial charge in [-0.15, -0.1) is 11.3 Å². The van der Waals surface area contributed by atoms with Gasteiger partial charge in [0.2, 0.25) is 0 Å². The summed E-state index contributed by atoms with van der Waals surface area (Å²) < 4.78 is 70.1. The average Bonchev–Trinajstić information content (AvgIpc) is 3.30. The molecule has 1 aromatic heterocycles. The molecule has 0 unspecified atom stereocenters. The van der Waals surface area contributed by atoms with Crippen LogP contribution in [0.3, 0.4) is 0 Å². The van der Waals surface area contributed by atoms with Crippen LogP contribution in [-0.2, 0) is 16.2 Å². The molecular weight excluding hydrogens is 527 g/mol.